The van der Waals surface area contributed by atoms with Gasteiger partial charge in [-0.3, -0.25) is 0 Å². The molecule has 0 radical (unpaired) electrons. The van der Waals surface area contributed by atoms with Crippen molar-refractivity contribution in [2.75, 3.05) is 20.6 Å². The highest BCUT2D eigenvalue weighted by atomic mass is 32.2. The van der Waals surface area contributed by atoms with E-state index in [1.54, 1.807) is 18.4 Å². The summed E-state index contributed by atoms with van der Waals surface area (Å²) in [5, 5.41) is 10.1. The summed E-state index contributed by atoms with van der Waals surface area (Å²) < 4.78 is 27.4. The Labute approximate surface area is 110 Å². The van der Waals surface area contributed by atoms with Crippen molar-refractivity contribution in [1.82, 2.24) is 8.61 Å². The van der Waals surface area contributed by atoms with Crippen LogP contribution in [0.1, 0.15) is 38.5 Å². The second-order valence-corrected chi connectivity index (χ2v) is 7.72. The molecular weight excluding hydrogens is 252 g/mol. The van der Waals surface area contributed by atoms with Crippen molar-refractivity contribution in [1.29, 1.82) is 0 Å². The van der Waals surface area contributed by atoms with E-state index in [0.29, 0.717) is 6.54 Å². The summed E-state index contributed by atoms with van der Waals surface area (Å²) in [5.74, 6) is 0.121. The van der Waals surface area contributed by atoms with Gasteiger partial charge in [0.25, 0.3) is 10.2 Å². The summed E-state index contributed by atoms with van der Waals surface area (Å²) in [7, 11) is -0.200. The monoisotopic (exact) mass is 276 g/mol. The van der Waals surface area contributed by atoms with Crippen LogP contribution in [0.2, 0.25) is 0 Å². The zero-order valence-electron chi connectivity index (χ0n) is 11.2. The zero-order valence-corrected chi connectivity index (χ0v) is 12.1. The van der Waals surface area contributed by atoms with Gasteiger partial charge in [-0.05, 0) is 25.7 Å². The van der Waals surface area contributed by atoms with Gasteiger partial charge in [-0.25, -0.2) is 0 Å². The smallest absolute Gasteiger partial charge is 0.281 e. The maximum atomic E-state index is 12.3. The standard InChI is InChI=1S/C12H24N2O3S/c1-13(2)18(16,17)14-9-5-7-11(14)10-6-3-4-8-12(10)15/h10-12,15H,3-9H2,1-2H3. The van der Waals surface area contributed by atoms with Crippen LogP contribution >= 0.6 is 0 Å². The Kier molecular flexibility index (Phi) is 4.31. The first-order chi connectivity index (χ1) is 8.44. The fourth-order valence-electron chi connectivity index (χ4n) is 3.28. The lowest BCUT2D eigenvalue weighted by Crippen LogP contribution is -2.48. The molecule has 1 aliphatic heterocycles. The normalized spacial score (nSPS) is 35.2. The summed E-state index contributed by atoms with van der Waals surface area (Å²) in [6, 6.07) is -0.00676. The molecule has 0 amide bonds. The second-order valence-electron chi connectivity index (χ2n) is 5.63. The van der Waals surface area contributed by atoms with Gasteiger partial charge >= 0.3 is 0 Å². The third-order valence-electron chi connectivity index (χ3n) is 4.28. The molecule has 0 aromatic carbocycles. The van der Waals surface area contributed by atoms with Crippen LogP contribution < -0.4 is 0 Å². The fourth-order valence-corrected chi connectivity index (χ4v) is 4.66. The van der Waals surface area contributed by atoms with Crippen LogP contribution in [-0.2, 0) is 10.2 Å². The molecule has 2 aliphatic rings. The van der Waals surface area contributed by atoms with Crippen LogP contribution in [0.25, 0.3) is 0 Å². The van der Waals surface area contributed by atoms with Crippen LogP contribution in [0.15, 0.2) is 0 Å². The molecule has 2 fully saturated rings. The minimum absolute atomic E-state index is 0.00676. The van der Waals surface area contributed by atoms with Crippen molar-refractivity contribution in [3.05, 3.63) is 0 Å². The van der Waals surface area contributed by atoms with Gasteiger partial charge in [-0.2, -0.15) is 17.0 Å². The van der Waals surface area contributed by atoms with Crippen molar-refractivity contribution in [2.24, 2.45) is 5.92 Å². The molecule has 1 heterocycles. The van der Waals surface area contributed by atoms with E-state index in [1.165, 1.54) is 4.31 Å². The molecule has 0 spiro atoms. The molecule has 1 saturated heterocycles. The minimum atomic E-state index is -3.34. The van der Waals surface area contributed by atoms with Crippen molar-refractivity contribution in [2.45, 2.75) is 50.7 Å². The van der Waals surface area contributed by atoms with Crippen LogP contribution in [0, 0.1) is 5.92 Å². The van der Waals surface area contributed by atoms with Crippen LogP contribution in [-0.4, -0.2) is 54.9 Å². The number of hydrogen-bond donors (Lipinski definition) is 1. The highest BCUT2D eigenvalue weighted by Crippen LogP contribution is 2.36. The maximum absolute atomic E-state index is 12.3. The Balaban J connectivity index is 2.17. The van der Waals surface area contributed by atoms with Crippen molar-refractivity contribution < 1.29 is 13.5 Å². The van der Waals surface area contributed by atoms with Gasteiger partial charge in [-0.15, -0.1) is 0 Å². The number of nitrogens with zero attached hydrogens (tertiary/aromatic N) is 2. The van der Waals surface area contributed by atoms with Gasteiger partial charge in [0.1, 0.15) is 0 Å². The predicted octanol–water partition coefficient (Wildman–Crippen LogP) is 0.808. The van der Waals surface area contributed by atoms with Gasteiger partial charge in [-0.1, -0.05) is 12.8 Å². The molecule has 1 saturated carbocycles. The lowest BCUT2D eigenvalue weighted by atomic mass is 9.81. The second kappa shape index (κ2) is 5.45. The summed E-state index contributed by atoms with van der Waals surface area (Å²) >= 11 is 0. The van der Waals surface area contributed by atoms with E-state index in [0.717, 1.165) is 38.5 Å². The lowest BCUT2D eigenvalue weighted by molar-refractivity contribution is 0.0379. The largest absolute Gasteiger partial charge is 0.393 e. The van der Waals surface area contributed by atoms with E-state index in [-0.39, 0.29) is 18.1 Å². The van der Waals surface area contributed by atoms with E-state index in [2.05, 4.69) is 0 Å². The molecular formula is C12H24N2O3S. The average Bonchev–Trinajstić information content (AvgIpc) is 2.78. The molecule has 0 aromatic heterocycles. The Morgan fingerprint density at radius 2 is 1.78 bits per heavy atom. The lowest BCUT2D eigenvalue weighted by Gasteiger charge is -2.37. The zero-order chi connectivity index (χ0) is 13.3. The Hall–Kier alpha value is -0.170. The average molecular weight is 276 g/mol. The third kappa shape index (κ3) is 2.57. The van der Waals surface area contributed by atoms with Crippen molar-refractivity contribution >= 4 is 10.2 Å². The SMILES string of the molecule is CN(C)S(=O)(=O)N1CCCC1C1CCCCC1O. The molecule has 1 aliphatic carbocycles. The van der Waals surface area contributed by atoms with Crippen LogP contribution in [0.3, 0.4) is 0 Å². The quantitative estimate of drug-likeness (QED) is 0.830. The summed E-state index contributed by atoms with van der Waals surface area (Å²) in [4.78, 5) is 0. The fraction of sp³-hybridized carbons (Fsp3) is 1.00. The Morgan fingerprint density at radius 3 is 2.39 bits per heavy atom. The molecule has 0 bridgehead atoms. The molecule has 18 heavy (non-hydrogen) atoms. The maximum Gasteiger partial charge on any atom is 0.281 e. The van der Waals surface area contributed by atoms with Gasteiger partial charge in [0.2, 0.25) is 0 Å². The van der Waals surface area contributed by atoms with Crippen LogP contribution in [0.4, 0.5) is 0 Å². The highest BCUT2D eigenvalue weighted by Gasteiger charge is 2.42. The molecule has 6 heteroatoms. The topological polar surface area (TPSA) is 60.9 Å². The summed E-state index contributed by atoms with van der Waals surface area (Å²) in [6.07, 6.45) is 5.39. The number of hydrogen-bond acceptors (Lipinski definition) is 3. The van der Waals surface area contributed by atoms with E-state index in [4.69, 9.17) is 0 Å². The number of aliphatic hydroxyl groups is 1. The van der Waals surface area contributed by atoms with Crippen molar-refractivity contribution in [3.63, 3.8) is 0 Å². The van der Waals surface area contributed by atoms with Gasteiger partial charge in [0, 0.05) is 32.6 Å². The van der Waals surface area contributed by atoms with E-state index in [9.17, 15) is 13.5 Å². The molecule has 106 valence electrons. The molecule has 5 nitrogen and oxygen atoms in total. The molecule has 3 unspecified atom stereocenters. The van der Waals surface area contributed by atoms with Crippen molar-refractivity contribution in [3.8, 4) is 0 Å². The molecule has 0 aromatic rings. The first-order valence-electron chi connectivity index (χ1n) is 6.82. The number of aliphatic hydroxyl groups excluding tert-OH is 1. The van der Waals surface area contributed by atoms with E-state index >= 15 is 0 Å². The van der Waals surface area contributed by atoms with Gasteiger partial charge < -0.3 is 5.11 Å². The highest BCUT2D eigenvalue weighted by molar-refractivity contribution is 7.86. The van der Waals surface area contributed by atoms with Gasteiger partial charge in [0.05, 0.1) is 6.10 Å². The molecule has 2 rings (SSSR count). The van der Waals surface area contributed by atoms with Crippen LogP contribution in [0.5, 0.6) is 0 Å². The Morgan fingerprint density at radius 1 is 1.11 bits per heavy atom. The van der Waals surface area contributed by atoms with Gasteiger partial charge in [0.15, 0.2) is 0 Å². The van der Waals surface area contributed by atoms with E-state index < -0.39 is 10.2 Å². The third-order valence-corrected chi connectivity index (χ3v) is 6.25. The number of rotatable bonds is 3. The first-order valence-corrected chi connectivity index (χ1v) is 8.21. The molecule has 1 N–H and O–H groups in total. The first kappa shape index (κ1) is 14.2. The summed E-state index contributed by atoms with van der Waals surface area (Å²) in [6.45, 7) is 0.592. The Bertz CT molecular complexity index is 383. The minimum Gasteiger partial charge on any atom is -0.393 e. The van der Waals surface area contributed by atoms with E-state index in [1.807, 2.05) is 0 Å². The molecule has 3 atom stereocenters. The summed E-state index contributed by atoms with van der Waals surface area (Å²) in [5.41, 5.74) is 0. The predicted molar refractivity (Wildman–Crippen MR) is 70.3 cm³/mol.